The predicted molar refractivity (Wildman–Crippen MR) is 81.6 cm³/mol. The van der Waals surface area contributed by atoms with Gasteiger partial charge in [0.1, 0.15) is 11.6 Å². The SMILES string of the molecule is Fc1cc(NCc2cc3c(cc2Br)OCO3)c(F)cc1Br. The second-order valence-corrected chi connectivity index (χ2v) is 6.11. The van der Waals surface area contributed by atoms with Gasteiger partial charge < -0.3 is 14.8 Å². The topological polar surface area (TPSA) is 30.5 Å². The summed E-state index contributed by atoms with van der Waals surface area (Å²) < 4.78 is 38.6. The highest BCUT2D eigenvalue weighted by Crippen LogP contribution is 2.37. The van der Waals surface area contributed by atoms with Crippen LogP contribution in [-0.4, -0.2) is 6.79 Å². The van der Waals surface area contributed by atoms with Crippen molar-refractivity contribution in [2.24, 2.45) is 0 Å². The van der Waals surface area contributed by atoms with Gasteiger partial charge in [-0.05, 0) is 39.7 Å². The van der Waals surface area contributed by atoms with E-state index in [1.54, 1.807) is 12.1 Å². The molecule has 0 aromatic heterocycles. The fraction of sp³-hybridized carbons (Fsp3) is 0.143. The maximum Gasteiger partial charge on any atom is 0.231 e. The highest BCUT2D eigenvalue weighted by Gasteiger charge is 2.16. The zero-order valence-electron chi connectivity index (χ0n) is 10.6. The highest BCUT2D eigenvalue weighted by molar-refractivity contribution is 9.10. The lowest BCUT2D eigenvalue weighted by Gasteiger charge is -2.11. The van der Waals surface area contributed by atoms with Gasteiger partial charge in [-0.2, -0.15) is 0 Å². The van der Waals surface area contributed by atoms with Crippen molar-refractivity contribution in [3.63, 3.8) is 0 Å². The third-order valence-electron chi connectivity index (χ3n) is 3.02. The Kier molecular flexibility index (Phi) is 4.03. The second kappa shape index (κ2) is 5.81. The molecule has 0 spiro atoms. The van der Waals surface area contributed by atoms with Gasteiger partial charge in [-0.25, -0.2) is 8.78 Å². The van der Waals surface area contributed by atoms with Gasteiger partial charge in [0.25, 0.3) is 0 Å². The molecule has 0 saturated carbocycles. The molecule has 2 aromatic rings. The van der Waals surface area contributed by atoms with Crippen LogP contribution in [0.25, 0.3) is 0 Å². The molecule has 110 valence electrons. The van der Waals surface area contributed by atoms with Gasteiger partial charge in [0, 0.05) is 17.1 Å². The van der Waals surface area contributed by atoms with Crippen LogP contribution in [-0.2, 0) is 6.54 Å². The Morgan fingerprint density at radius 1 is 0.952 bits per heavy atom. The van der Waals surface area contributed by atoms with Crippen LogP contribution in [0.3, 0.4) is 0 Å². The molecular weight excluding hydrogens is 412 g/mol. The summed E-state index contributed by atoms with van der Waals surface area (Å²) in [5.41, 5.74) is 0.947. The quantitative estimate of drug-likeness (QED) is 0.721. The summed E-state index contributed by atoms with van der Waals surface area (Å²) in [5, 5.41) is 2.87. The first kappa shape index (κ1) is 14.6. The first-order chi connectivity index (χ1) is 10.0. The van der Waals surface area contributed by atoms with Crippen molar-refractivity contribution >= 4 is 37.5 Å². The number of halogens is 4. The Hall–Kier alpha value is -1.34. The molecule has 1 N–H and O–H groups in total. The molecule has 3 nitrogen and oxygen atoms in total. The van der Waals surface area contributed by atoms with E-state index in [-0.39, 0.29) is 17.0 Å². The molecule has 0 saturated heterocycles. The Balaban J connectivity index is 1.81. The molecule has 0 radical (unpaired) electrons. The number of rotatable bonds is 3. The lowest BCUT2D eigenvalue weighted by atomic mass is 10.2. The number of hydrogen-bond acceptors (Lipinski definition) is 3. The summed E-state index contributed by atoms with van der Waals surface area (Å²) >= 11 is 6.36. The standard InChI is InChI=1S/C14H9Br2F2NO2/c15-8-3-14-13(20-6-21-14)1-7(8)5-19-12-4-10(17)9(16)2-11(12)18/h1-4,19H,5-6H2. The van der Waals surface area contributed by atoms with E-state index < -0.39 is 11.6 Å². The Bertz CT molecular complexity index is 710. The normalized spacial score (nSPS) is 12.6. The van der Waals surface area contributed by atoms with Gasteiger partial charge in [-0.15, -0.1) is 0 Å². The van der Waals surface area contributed by atoms with Gasteiger partial charge in [-0.1, -0.05) is 15.9 Å². The fourth-order valence-corrected chi connectivity index (χ4v) is 2.72. The first-order valence-electron chi connectivity index (χ1n) is 6.01. The first-order valence-corrected chi connectivity index (χ1v) is 7.59. The van der Waals surface area contributed by atoms with E-state index in [0.29, 0.717) is 18.0 Å². The van der Waals surface area contributed by atoms with E-state index in [4.69, 9.17) is 9.47 Å². The zero-order valence-corrected chi connectivity index (χ0v) is 13.7. The summed E-state index contributed by atoms with van der Waals surface area (Å²) in [5.74, 6) is 0.243. The lowest BCUT2D eigenvalue weighted by molar-refractivity contribution is 0.174. The lowest BCUT2D eigenvalue weighted by Crippen LogP contribution is -2.03. The maximum atomic E-state index is 13.7. The monoisotopic (exact) mass is 419 g/mol. The van der Waals surface area contributed by atoms with Gasteiger partial charge in [-0.3, -0.25) is 0 Å². The second-order valence-electron chi connectivity index (χ2n) is 4.40. The molecule has 1 heterocycles. The number of ether oxygens (including phenoxy) is 2. The zero-order chi connectivity index (χ0) is 15.0. The van der Waals surface area contributed by atoms with E-state index in [0.717, 1.165) is 22.2 Å². The molecule has 1 aliphatic rings. The van der Waals surface area contributed by atoms with Gasteiger partial charge >= 0.3 is 0 Å². The van der Waals surface area contributed by atoms with E-state index >= 15 is 0 Å². The van der Waals surface area contributed by atoms with Crippen molar-refractivity contribution in [2.75, 3.05) is 12.1 Å². The molecule has 0 unspecified atom stereocenters. The molecule has 1 aliphatic heterocycles. The highest BCUT2D eigenvalue weighted by atomic mass is 79.9. The van der Waals surface area contributed by atoms with Crippen LogP contribution in [0.15, 0.2) is 33.2 Å². The molecule has 2 aromatic carbocycles. The van der Waals surface area contributed by atoms with Crippen LogP contribution >= 0.6 is 31.9 Å². The van der Waals surface area contributed by atoms with E-state index in [1.807, 2.05) is 0 Å². The van der Waals surface area contributed by atoms with Crippen molar-refractivity contribution in [1.82, 2.24) is 0 Å². The summed E-state index contributed by atoms with van der Waals surface area (Å²) in [7, 11) is 0. The summed E-state index contributed by atoms with van der Waals surface area (Å²) in [6, 6.07) is 5.79. The number of fused-ring (bicyclic) bond motifs is 1. The number of hydrogen-bond donors (Lipinski definition) is 1. The molecule has 3 rings (SSSR count). The Morgan fingerprint density at radius 3 is 2.43 bits per heavy atom. The smallest absolute Gasteiger partial charge is 0.231 e. The average molecular weight is 421 g/mol. The largest absolute Gasteiger partial charge is 0.454 e. The Morgan fingerprint density at radius 2 is 1.67 bits per heavy atom. The van der Waals surface area contributed by atoms with Crippen molar-refractivity contribution in [3.05, 3.63) is 50.4 Å². The molecule has 0 atom stereocenters. The Labute approximate surface area is 136 Å². The van der Waals surface area contributed by atoms with Gasteiger partial charge in [0.05, 0.1) is 10.2 Å². The van der Waals surface area contributed by atoms with Crippen LogP contribution in [0.2, 0.25) is 0 Å². The number of anilines is 1. The maximum absolute atomic E-state index is 13.7. The van der Waals surface area contributed by atoms with E-state index in [9.17, 15) is 8.78 Å². The molecule has 7 heteroatoms. The molecule has 0 bridgehead atoms. The summed E-state index contributed by atoms with van der Waals surface area (Å²) in [6.07, 6.45) is 0. The minimum absolute atomic E-state index is 0.0924. The molecular formula is C14H9Br2F2NO2. The van der Waals surface area contributed by atoms with Crippen LogP contribution < -0.4 is 14.8 Å². The van der Waals surface area contributed by atoms with Crippen molar-refractivity contribution in [2.45, 2.75) is 6.54 Å². The van der Waals surface area contributed by atoms with E-state index in [1.165, 1.54) is 0 Å². The van der Waals surface area contributed by atoms with Crippen LogP contribution in [0.4, 0.5) is 14.5 Å². The number of nitrogens with one attached hydrogen (secondary N) is 1. The minimum Gasteiger partial charge on any atom is -0.454 e. The van der Waals surface area contributed by atoms with Crippen molar-refractivity contribution < 1.29 is 18.3 Å². The average Bonchev–Trinajstić information content (AvgIpc) is 2.88. The van der Waals surface area contributed by atoms with Crippen molar-refractivity contribution in [1.29, 1.82) is 0 Å². The third kappa shape index (κ3) is 2.98. The van der Waals surface area contributed by atoms with Crippen LogP contribution in [0, 0.1) is 11.6 Å². The molecule has 0 amide bonds. The fourth-order valence-electron chi connectivity index (χ4n) is 1.94. The van der Waals surface area contributed by atoms with Crippen LogP contribution in [0.1, 0.15) is 5.56 Å². The molecule has 21 heavy (non-hydrogen) atoms. The van der Waals surface area contributed by atoms with Crippen molar-refractivity contribution in [3.8, 4) is 11.5 Å². The third-order valence-corrected chi connectivity index (χ3v) is 4.37. The molecule has 0 fully saturated rings. The molecule has 0 aliphatic carbocycles. The van der Waals surface area contributed by atoms with E-state index in [2.05, 4.69) is 37.2 Å². The number of benzene rings is 2. The summed E-state index contributed by atoms with van der Waals surface area (Å²) in [4.78, 5) is 0. The van der Waals surface area contributed by atoms with Gasteiger partial charge in [0.2, 0.25) is 6.79 Å². The minimum atomic E-state index is -0.528. The van der Waals surface area contributed by atoms with Gasteiger partial charge in [0.15, 0.2) is 11.5 Å². The van der Waals surface area contributed by atoms with Crippen LogP contribution in [0.5, 0.6) is 11.5 Å². The summed E-state index contributed by atoms with van der Waals surface area (Å²) in [6.45, 7) is 0.500. The predicted octanol–water partition coefficient (Wildman–Crippen LogP) is 4.83.